The second-order valence-corrected chi connectivity index (χ2v) is 7.72. The molecule has 2 rings (SSSR count). The van der Waals surface area contributed by atoms with Crippen LogP contribution in [0.15, 0.2) is 5.16 Å². The standard InChI is InChI=1S/C6H9Cl2N3.C6H10FNOS/c1-4-9-5(6(2,7)8)11(3)10-4;1-6(2)4(7)5(10-3)8-9-6/h1-3H3;4H,1-3H3. The van der Waals surface area contributed by atoms with Crippen molar-refractivity contribution in [1.29, 1.82) is 0 Å². The van der Waals surface area contributed by atoms with Crippen LogP contribution in [0.5, 0.6) is 0 Å². The van der Waals surface area contributed by atoms with Gasteiger partial charge in [0.1, 0.15) is 5.82 Å². The summed E-state index contributed by atoms with van der Waals surface area (Å²) in [5, 5.41) is 8.04. The van der Waals surface area contributed by atoms with E-state index in [0.717, 1.165) is 0 Å². The molecule has 1 aliphatic heterocycles. The molecule has 0 amide bonds. The van der Waals surface area contributed by atoms with Crippen LogP contribution in [0.3, 0.4) is 0 Å². The molecule has 1 unspecified atom stereocenters. The molecular formula is C12H19Cl2FN4OS. The van der Waals surface area contributed by atoms with Crippen molar-refractivity contribution in [3.63, 3.8) is 0 Å². The van der Waals surface area contributed by atoms with Crippen molar-refractivity contribution in [3.05, 3.63) is 11.6 Å². The molecule has 0 saturated carbocycles. The van der Waals surface area contributed by atoms with Gasteiger partial charge in [0, 0.05) is 7.05 Å². The molecular weight excluding hydrogens is 338 g/mol. The fourth-order valence-electron chi connectivity index (χ4n) is 1.59. The zero-order chi connectivity index (χ0) is 16.4. The lowest BCUT2D eigenvalue weighted by Gasteiger charge is -2.17. The Balaban J connectivity index is 0.000000211. The molecule has 1 atom stereocenters. The van der Waals surface area contributed by atoms with Crippen LogP contribution in [0.2, 0.25) is 0 Å². The SMILES string of the molecule is CSC1=NOC(C)(C)C1F.Cc1nc(C(C)(Cl)Cl)n(C)n1. The van der Waals surface area contributed by atoms with Crippen LogP contribution >= 0.6 is 35.0 Å². The Kier molecular flexibility index (Phi) is 5.91. The molecule has 0 radical (unpaired) electrons. The minimum absolute atomic E-state index is 0.435. The van der Waals surface area contributed by atoms with Gasteiger partial charge in [0.05, 0.1) is 0 Å². The number of oxime groups is 1. The van der Waals surface area contributed by atoms with Crippen LogP contribution in [0.25, 0.3) is 0 Å². The van der Waals surface area contributed by atoms with E-state index in [9.17, 15) is 4.39 Å². The Hall–Kier alpha value is -0.530. The molecule has 0 bridgehead atoms. The summed E-state index contributed by atoms with van der Waals surface area (Å²) in [7, 11) is 1.76. The van der Waals surface area contributed by atoms with Crippen molar-refractivity contribution >= 4 is 40.0 Å². The maximum absolute atomic E-state index is 13.1. The zero-order valence-electron chi connectivity index (χ0n) is 12.8. The maximum Gasteiger partial charge on any atom is 0.193 e. The second-order valence-electron chi connectivity index (χ2n) is 5.19. The zero-order valence-corrected chi connectivity index (χ0v) is 15.1. The molecule has 0 fully saturated rings. The Morgan fingerprint density at radius 2 is 2.00 bits per heavy atom. The third kappa shape index (κ3) is 4.72. The van der Waals surface area contributed by atoms with Gasteiger partial charge in [-0.25, -0.2) is 9.37 Å². The number of aromatic nitrogens is 3. The first-order chi connectivity index (χ1) is 9.49. The van der Waals surface area contributed by atoms with Crippen LogP contribution in [0.1, 0.15) is 32.4 Å². The topological polar surface area (TPSA) is 52.3 Å². The molecule has 0 N–H and O–H groups in total. The van der Waals surface area contributed by atoms with Gasteiger partial charge in [-0.2, -0.15) is 5.10 Å². The molecule has 1 aromatic heterocycles. The summed E-state index contributed by atoms with van der Waals surface area (Å²) < 4.78 is 13.7. The first-order valence-corrected chi connectivity index (χ1v) is 8.17. The average Bonchev–Trinajstić information content (AvgIpc) is 2.81. The molecule has 2 heterocycles. The highest BCUT2D eigenvalue weighted by atomic mass is 35.5. The molecule has 0 spiro atoms. The predicted molar refractivity (Wildman–Crippen MR) is 85.8 cm³/mol. The lowest BCUT2D eigenvalue weighted by atomic mass is 10.1. The molecule has 0 aromatic carbocycles. The van der Waals surface area contributed by atoms with E-state index in [-0.39, 0.29) is 0 Å². The van der Waals surface area contributed by atoms with E-state index in [4.69, 9.17) is 28.0 Å². The van der Waals surface area contributed by atoms with Gasteiger partial charge in [-0.1, -0.05) is 28.4 Å². The average molecular weight is 357 g/mol. The van der Waals surface area contributed by atoms with E-state index in [2.05, 4.69) is 15.2 Å². The summed E-state index contributed by atoms with van der Waals surface area (Å²) in [6.07, 6.45) is 0.721. The Morgan fingerprint density at radius 3 is 2.19 bits per heavy atom. The number of nitrogens with zero attached hydrogens (tertiary/aromatic N) is 4. The van der Waals surface area contributed by atoms with Crippen LogP contribution in [0, 0.1) is 6.92 Å². The van der Waals surface area contributed by atoms with Crippen molar-refractivity contribution in [3.8, 4) is 0 Å². The van der Waals surface area contributed by atoms with Gasteiger partial charge < -0.3 is 4.84 Å². The number of hydrogen-bond donors (Lipinski definition) is 0. The van der Waals surface area contributed by atoms with Gasteiger partial charge in [0.25, 0.3) is 0 Å². The fraction of sp³-hybridized carbons (Fsp3) is 0.750. The smallest absolute Gasteiger partial charge is 0.193 e. The molecule has 120 valence electrons. The summed E-state index contributed by atoms with van der Waals surface area (Å²) in [6.45, 7) is 6.83. The van der Waals surface area contributed by atoms with Gasteiger partial charge in [0.2, 0.25) is 0 Å². The number of alkyl halides is 3. The number of hydrogen-bond acceptors (Lipinski definition) is 5. The Morgan fingerprint density at radius 1 is 1.43 bits per heavy atom. The number of aryl methyl sites for hydroxylation is 2. The first-order valence-electron chi connectivity index (χ1n) is 6.19. The predicted octanol–water partition coefficient (Wildman–Crippen LogP) is 3.58. The Labute approximate surface area is 138 Å². The maximum atomic E-state index is 13.1. The minimum atomic E-state index is -1.07. The van der Waals surface area contributed by atoms with E-state index >= 15 is 0 Å². The minimum Gasteiger partial charge on any atom is -0.385 e. The van der Waals surface area contributed by atoms with E-state index in [1.54, 1.807) is 45.7 Å². The van der Waals surface area contributed by atoms with Crippen LogP contribution < -0.4 is 0 Å². The van der Waals surface area contributed by atoms with E-state index in [0.29, 0.717) is 16.7 Å². The van der Waals surface area contributed by atoms with Crippen LogP contribution in [-0.2, 0) is 16.2 Å². The van der Waals surface area contributed by atoms with E-state index in [1.807, 2.05) is 0 Å². The van der Waals surface area contributed by atoms with Crippen molar-refractivity contribution < 1.29 is 9.23 Å². The summed E-state index contributed by atoms with van der Waals surface area (Å²) in [5.41, 5.74) is -0.766. The fourth-order valence-corrected chi connectivity index (χ4v) is 2.52. The third-order valence-electron chi connectivity index (χ3n) is 2.67. The lowest BCUT2D eigenvalue weighted by Crippen LogP contribution is -2.33. The molecule has 1 aliphatic rings. The molecule has 9 heteroatoms. The largest absolute Gasteiger partial charge is 0.385 e. The van der Waals surface area contributed by atoms with Gasteiger partial charge >= 0.3 is 0 Å². The Bertz CT molecular complexity index is 528. The lowest BCUT2D eigenvalue weighted by molar-refractivity contribution is -0.0232. The van der Waals surface area contributed by atoms with E-state index < -0.39 is 16.1 Å². The van der Waals surface area contributed by atoms with Gasteiger partial charge in [0.15, 0.2) is 27.0 Å². The van der Waals surface area contributed by atoms with Crippen molar-refractivity contribution in [2.24, 2.45) is 12.2 Å². The van der Waals surface area contributed by atoms with Gasteiger partial charge in [-0.05, 0) is 34.0 Å². The van der Waals surface area contributed by atoms with Gasteiger partial charge in [-0.15, -0.1) is 11.8 Å². The first kappa shape index (κ1) is 18.5. The molecule has 0 saturated heterocycles. The van der Waals surface area contributed by atoms with Gasteiger partial charge in [-0.3, -0.25) is 4.68 Å². The number of rotatable bonds is 1. The van der Waals surface area contributed by atoms with Crippen LogP contribution in [-0.4, -0.2) is 37.8 Å². The highest BCUT2D eigenvalue weighted by Gasteiger charge is 2.41. The highest BCUT2D eigenvalue weighted by molar-refractivity contribution is 8.13. The third-order valence-corrected chi connectivity index (χ3v) is 3.71. The monoisotopic (exact) mass is 356 g/mol. The van der Waals surface area contributed by atoms with Crippen molar-refractivity contribution in [1.82, 2.24) is 14.8 Å². The summed E-state index contributed by atoms with van der Waals surface area (Å²) in [4.78, 5) is 8.92. The number of halogens is 3. The molecule has 21 heavy (non-hydrogen) atoms. The summed E-state index contributed by atoms with van der Waals surface area (Å²) in [5.74, 6) is 1.24. The van der Waals surface area contributed by atoms with Crippen molar-refractivity contribution in [2.75, 3.05) is 6.26 Å². The quantitative estimate of drug-likeness (QED) is 0.721. The van der Waals surface area contributed by atoms with Crippen molar-refractivity contribution in [2.45, 2.75) is 43.8 Å². The molecule has 0 aliphatic carbocycles. The second kappa shape index (κ2) is 6.71. The van der Waals surface area contributed by atoms with Crippen LogP contribution in [0.4, 0.5) is 4.39 Å². The van der Waals surface area contributed by atoms with E-state index in [1.165, 1.54) is 11.8 Å². The molecule has 5 nitrogen and oxygen atoms in total. The summed E-state index contributed by atoms with van der Waals surface area (Å²) in [6, 6.07) is 0. The summed E-state index contributed by atoms with van der Waals surface area (Å²) >= 11 is 12.9. The molecule has 1 aromatic rings. The highest BCUT2D eigenvalue weighted by Crippen LogP contribution is 2.31. The number of thioether (sulfide) groups is 1. The normalized spacial score (nSPS) is 20.4.